The van der Waals surface area contributed by atoms with Gasteiger partial charge in [0.2, 0.25) is 0 Å². The molecule has 0 amide bonds. The Hall–Kier alpha value is 2.13. The van der Waals surface area contributed by atoms with Crippen molar-refractivity contribution in [1.82, 2.24) is 0 Å². The van der Waals surface area contributed by atoms with Crippen molar-refractivity contribution in [1.29, 1.82) is 0 Å². The van der Waals surface area contributed by atoms with E-state index in [1.165, 1.54) is 0 Å². The second-order valence-corrected chi connectivity index (χ2v) is 0. The zero-order valence-electron chi connectivity index (χ0n) is 2.31. The van der Waals surface area contributed by atoms with Gasteiger partial charge in [-0.15, -0.1) is 0 Å². The maximum atomic E-state index is 0. The summed E-state index contributed by atoms with van der Waals surface area (Å²) in [7, 11) is 0. The van der Waals surface area contributed by atoms with Crippen LogP contribution in [0.4, 0.5) is 0 Å². The summed E-state index contributed by atoms with van der Waals surface area (Å²) in [4.78, 5) is 0. The Kier molecular flexibility index (Phi) is 420. The van der Waals surface area contributed by atoms with E-state index in [2.05, 4.69) is 0 Å². The monoisotopic (exact) mass is 228 g/mol. The predicted molar refractivity (Wildman–Crippen MR) is 6.44 cm³/mol. The molecular weight excluding hydrogens is 231 g/mol. The molecule has 0 atom stereocenters. The molecule has 0 aliphatic heterocycles. The molecular formula is AlCuNiOZn+7. The normalized spacial score (nSPS) is 0. The molecule has 0 aliphatic rings. The summed E-state index contributed by atoms with van der Waals surface area (Å²) in [5.41, 5.74) is 0. The number of hydrogen-bond acceptors (Lipinski definition) is 0. The van der Waals surface area contributed by atoms with E-state index in [9.17, 15) is 0 Å². The molecule has 0 aromatic rings. The van der Waals surface area contributed by atoms with E-state index in [1.807, 2.05) is 0 Å². The van der Waals surface area contributed by atoms with Crippen LogP contribution in [-0.4, -0.2) is 17.4 Å². The molecule has 0 bridgehead atoms. The third-order valence-corrected chi connectivity index (χ3v) is 0. The van der Waals surface area contributed by atoms with Gasteiger partial charge in [0.25, 0.3) is 0 Å². The van der Waals surface area contributed by atoms with E-state index >= 15 is 0 Å². The van der Waals surface area contributed by atoms with E-state index in [4.69, 9.17) is 0 Å². The SMILES string of the molecule is [Al+3].[Cu+2].[Ni+2].[O-2].[Zn+2]. The van der Waals surface area contributed by atoms with Crippen molar-refractivity contribution in [2.75, 3.05) is 0 Å². The van der Waals surface area contributed by atoms with Crippen molar-refractivity contribution in [3.63, 3.8) is 0 Å². The van der Waals surface area contributed by atoms with Crippen LogP contribution < -0.4 is 0 Å². The molecule has 0 saturated heterocycles. The first-order valence-electron chi connectivity index (χ1n) is 0. The second kappa shape index (κ2) is 35.6. The van der Waals surface area contributed by atoms with Crippen LogP contribution in [0.5, 0.6) is 0 Å². The number of hydrogen-bond donors (Lipinski definition) is 0. The van der Waals surface area contributed by atoms with Crippen LogP contribution in [0.15, 0.2) is 0 Å². The molecule has 1 nitrogen and oxygen atoms in total. The Morgan fingerprint density at radius 3 is 1.00 bits per heavy atom. The smallest absolute Gasteiger partial charge is 2.00 e. The first-order valence-corrected chi connectivity index (χ1v) is 0. The van der Waals surface area contributed by atoms with Gasteiger partial charge in [0.1, 0.15) is 0 Å². The minimum absolute atomic E-state index is 0. The summed E-state index contributed by atoms with van der Waals surface area (Å²) in [6.45, 7) is 0. The molecule has 0 rings (SSSR count). The molecule has 0 unspecified atom stereocenters. The third kappa shape index (κ3) is 23.1. The van der Waals surface area contributed by atoms with Crippen LogP contribution in [0.1, 0.15) is 0 Å². The van der Waals surface area contributed by atoms with E-state index in [1.54, 1.807) is 0 Å². The maximum absolute atomic E-state index is 0. The van der Waals surface area contributed by atoms with Crippen molar-refractivity contribution in [3.05, 3.63) is 0 Å². The third-order valence-electron chi connectivity index (χ3n) is 0. The quantitative estimate of drug-likeness (QED) is 0.502. The summed E-state index contributed by atoms with van der Waals surface area (Å²) < 4.78 is 0. The van der Waals surface area contributed by atoms with Gasteiger partial charge >= 0.3 is 70.4 Å². The van der Waals surface area contributed by atoms with Gasteiger partial charge < -0.3 is 5.48 Å². The molecule has 1 radical (unpaired) electrons. The predicted octanol–water partition coefficient (Wildman–Crippen LogP) is -0.507. The van der Waals surface area contributed by atoms with Crippen molar-refractivity contribution in [2.45, 2.75) is 0 Å². The standard InChI is InChI=1S/Al.Cu.Ni.O.Zn/q+3;2*+2;-2;+2. The number of rotatable bonds is 0. The Balaban J connectivity index is 0. The molecule has 0 aromatic heterocycles. The zero-order chi connectivity index (χ0) is 0. The minimum atomic E-state index is 0. The van der Waals surface area contributed by atoms with E-state index < -0.39 is 0 Å². The molecule has 5 heteroatoms. The molecule has 0 heterocycles. The maximum Gasteiger partial charge on any atom is 3.00 e. The van der Waals surface area contributed by atoms with Crippen molar-refractivity contribution < 1.29 is 58.5 Å². The Labute approximate surface area is 75.2 Å². The van der Waals surface area contributed by atoms with E-state index in [0.29, 0.717) is 0 Å². The first kappa shape index (κ1) is 59.1. The van der Waals surface area contributed by atoms with E-state index in [0.717, 1.165) is 0 Å². The van der Waals surface area contributed by atoms with Gasteiger partial charge in [-0.1, -0.05) is 0 Å². The molecule has 0 aromatic carbocycles. The summed E-state index contributed by atoms with van der Waals surface area (Å²) in [5.74, 6) is 0. The van der Waals surface area contributed by atoms with Crippen molar-refractivity contribution in [3.8, 4) is 0 Å². The minimum Gasteiger partial charge on any atom is -2.00 e. The summed E-state index contributed by atoms with van der Waals surface area (Å²) in [5, 5.41) is 0. The Morgan fingerprint density at radius 2 is 1.00 bits per heavy atom. The van der Waals surface area contributed by atoms with Gasteiger partial charge in [0, 0.05) is 0 Å². The first-order chi connectivity index (χ1) is 0. The Morgan fingerprint density at radius 1 is 1.00 bits per heavy atom. The average Bonchev–Trinajstić information content (AvgIpc) is 0. The van der Waals surface area contributed by atoms with E-state index in [-0.39, 0.29) is 75.9 Å². The molecule has 0 aliphatic carbocycles. The van der Waals surface area contributed by atoms with Gasteiger partial charge in [0.05, 0.1) is 0 Å². The van der Waals surface area contributed by atoms with Crippen LogP contribution in [0.2, 0.25) is 0 Å². The molecule has 0 N–H and O–H groups in total. The molecule has 5 heavy (non-hydrogen) atoms. The van der Waals surface area contributed by atoms with Gasteiger partial charge in [-0.2, -0.15) is 0 Å². The van der Waals surface area contributed by atoms with Crippen LogP contribution in [0.25, 0.3) is 0 Å². The van der Waals surface area contributed by atoms with Crippen LogP contribution in [0, 0.1) is 0 Å². The zero-order valence-corrected chi connectivity index (χ0v) is 8.36. The molecule has 0 saturated carbocycles. The fourth-order valence-corrected chi connectivity index (χ4v) is 0. The Bertz CT molecular complexity index is 11.6. The van der Waals surface area contributed by atoms with Crippen LogP contribution >= 0.6 is 0 Å². The van der Waals surface area contributed by atoms with Gasteiger partial charge in [-0.3, -0.25) is 0 Å². The van der Waals surface area contributed by atoms with Gasteiger partial charge in [-0.25, -0.2) is 0 Å². The largest absolute Gasteiger partial charge is 3.00 e. The van der Waals surface area contributed by atoms with Crippen LogP contribution in [0.3, 0.4) is 0 Å². The molecule has 25 valence electrons. The van der Waals surface area contributed by atoms with Crippen molar-refractivity contribution in [2.24, 2.45) is 0 Å². The fraction of sp³-hybridized carbons (Fsp3) is 0. The van der Waals surface area contributed by atoms with Gasteiger partial charge in [0.15, 0.2) is 0 Å². The fourth-order valence-electron chi connectivity index (χ4n) is 0. The second-order valence-electron chi connectivity index (χ2n) is 0. The van der Waals surface area contributed by atoms with Crippen LogP contribution in [-0.2, 0) is 58.5 Å². The molecule has 0 spiro atoms. The topological polar surface area (TPSA) is 28.5 Å². The van der Waals surface area contributed by atoms with Gasteiger partial charge in [-0.05, 0) is 0 Å². The summed E-state index contributed by atoms with van der Waals surface area (Å²) >= 11 is 0. The summed E-state index contributed by atoms with van der Waals surface area (Å²) in [6, 6.07) is 0. The summed E-state index contributed by atoms with van der Waals surface area (Å²) in [6.07, 6.45) is 0. The molecule has 0 fully saturated rings. The van der Waals surface area contributed by atoms with Crippen molar-refractivity contribution >= 4 is 17.4 Å². The average molecular weight is 231 g/mol.